The lowest BCUT2D eigenvalue weighted by Gasteiger charge is -2.23. The van der Waals surface area contributed by atoms with Crippen LogP contribution in [0.15, 0.2) is 6.20 Å². The molecular formula is C20H23F3N2O3. The molecule has 5 rings (SSSR count). The smallest absolute Gasteiger partial charge is 0.434 e. The molecule has 28 heavy (non-hydrogen) atoms. The molecule has 6 atom stereocenters. The van der Waals surface area contributed by atoms with E-state index < -0.39 is 23.4 Å². The van der Waals surface area contributed by atoms with Gasteiger partial charge in [0, 0.05) is 6.20 Å². The molecule has 4 aliphatic rings. The molecule has 4 fully saturated rings. The van der Waals surface area contributed by atoms with E-state index in [1.165, 1.54) is 0 Å². The molecule has 3 unspecified atom stereocenters. The highest BCUT2D eigenvalue weighted by Crippen LogP contribution is 2.47. The maximum atomic E-state index is 13.6. The van der Waals surface area contributed by atoms with Crippen molar-refractivity contribution in [2.45, 2.75) is 69.8 Å². The van der Waals surface area contributed by atoms with Crippen LogP contribution in [0.5, 0.6) is 6.01 Å². The number of hydrogen-bond acceptors (Lipinski definition) is 5. The second-order valence-corrected chi connectivity index (χ2v) is 8.86. The summed E-state index contributed by atoms with van der Waals surface area (Å²) in [4.78, 5) is 19.9. The predicted octanol–water partition coefficient (Wildman–Crippen LogP) is 4.41. The number of rotatable bonds is 4. The first-order valence-corrected chi connectivity index (χ1v) is 10.2. The summed E-state index contributed by atoms with van der Waals surface area (Å²) in [5.41, 5.74) is -1.90. The molecule has 0 saturated heterocycles. The summed E-state index contributed by atoms with van der Waals surface area (Å²) < 4.78 is 51.8. The molecule has 0 radical (unpaired) electrons. The first-order chi connectivity index (χ1) is 13.4. The van der Waals surface area contributed by atoms with Gasteiger partial charge in [-0.05, 0) is 75.0 Å². The van der Waals surface area contributed by atoms with E-state index in [2.05, 4.69) is 9.97 Å². The van der Waals surface area contributed by atoms with Gasteiger partial charge in [-0.25, -0.2) is 9.78 Å². The number of carbonyl (C=O) groups is 1. The molecule has 0 spiro atoms. The van der Waals surface area contributed by atoms with Crippen LogP contribution in [0.2, 0.25) is 0 Å². The summed E-state index contributed by atoms with van der Waals surface area (Å²) in [6.45, 7) is 0. The van der Waals surface area contributed by atoms with Crippen molar-refractivity contribution in [1.29, 1.82) is 0 Å². The van der Waals surface area contributed by atoms with Gasteiger partial charge in [-0.2, -0.15) is 18.2 Å². The summed E-state index contributed by atoms with van der Waals surface area (Å²) in [5, 5.41) is 0. The van der Waals surface area contributed by atoms with E-state index in [0.29, 0.717) is 17.8 Å². The van der Waals surface area contributed by atoms with Crippen LogP contribution in [0, 0.1) is 23.7 Å². The van der Waals surface area contributed by atoms with Crippen molar-refractivity contribution in [3.05, 3.63) is 17.5 Å². The fourth-order valence-electron chi connectivity index (χ4n) is 5.79. The molecule has 5 nitrogen and oxygen atoms in total. The molecule has 1 aromatic rings. The third-order valence-electron chi connectivity index (χ3n) is 7.12. The average Bonchev–Trinajstić information content (AvgIpc) is 3.42. The number of aromatic nitrogens is 2. The van der Waals surface area contributed by atoms with Crippen LogP contribution in [0.4, 0.5) is 13.2 Å². The Hall–Kier alpha value is -1.86. The first-order valence-electron chi connectivity index (χ1n) is 10.2. The molecule has 4 saturated carbocycles. The van der Waals surface area contributed by atoms with Crippen LogP contribution in [0.25, 0.3) is 0 Å². The Kier molecular flexibility index (Phi) is 4.28. The number of halogens is 3. The van der Waals surface area contributed by atoms with Crippen molar-refractivity contribution >= 4 is 5.97 Å². The van der Waals surface area contributed by atoms with Crippen molar-refractivity contribution in [2.75, 3.05) is 0 Å². The van der Waals surface area contributed by atoms with Crippen LogP contribution in [0.1, 0.15) is 67.4 Å². The monoisotopic (exact) mass is 396 g/mol. The van der Waals surface area contributed by atoms with Crippen molar-refractivity contribution in [3.63, 3.8) is 0 Å². The Morgan fingerprint density at radius 2 is 1.61 bits per heavy atom. The van der Waals surface area contributed by atoms with Crippen molar-refractivity contribution in [3.8, 4) is 6.01 Å². The van der Waals surface area contributed by atoms with Gasteiger partial charge in [-0.15, -0.1) is 0 Å². The van der Waals surface area contributed by atoms with Gasteiger partial charge in [0.2, 0.25) is 0 Å². The second-order valence-electron chi connectivity index (χ2n) is 8.86. The zero-order valence-corrected chi connectivity index (χ0v) is 15.5. The topological polar surface area (TPSA) is 61.3 Å². The summed E-state index contributed by atoms with van der Waals surface area (Å²) in [5.74, 6) is 0.762. The van der Waals surface area contributed by atoms with Crippen LogP contribution < -0.4 is 4.74 Å². The van der Waals surface area contributed by atoms with Crippen molar-refractivity contribution < 1.29 is 27.4 Å². The lowest BCUT2D eigenvalue weighted by Crippen LogP contribution is -2.27. The molecule has 1 aromatic heterocycles. The number of alkyl halides is 3. The van der Waals surface area contributed by atoms with E-state index in [0.717, 1.165) is 57.6 Å². The van der Waals surface area contributed by atoms with E-state index in [-0.39, 0.29) is 24.1 Å². The molecule has 0 amide bonds. The van der Waals surface area contributed by atoms with E-state index in [1.807, 2.05) is 0 Å². The summed E-state index contributed by atoms with van der Waals surface area (Å²) in [7, 11) is 0. The number of nitrogens with zero attached hydrogens (tertiary/aromatic N) is 2. The van der Waals surface area contributed by atoms with Crippen molar-refractivity contribution in [1.82, 2.24) is 9.97 Å². The summed E-state index contributed by atoms with van der Waals surface area (Å²) in [6.07, 6.45) is 3.63. The van der Waals surface area contributed by atoms with Crippen LogP contribution in [-0.2, 0) is 10.9 Å². The van der Waals surface area contributed by atoms with Crippen LogP contribution in [0.3, 0.4) is 0 Å². The molecular weight excluding hydrogens is 373 g/mol. The predicted molar refractivity (Wildman–Crippen MR) is 91.5 cm³/mol. The number of ether oxygens (including phenoxy) is 2. The third-order valence-corrected chi connectivity index (χ3v) is 7.12. The van der Waals surface area contributed by atoms with Gasteiger partial charge in [0.15, 0.2) is 5.69 Å². The quantitative estimate of drug-likeness (QED) is 0.706. The normalized spacial score (nSPS) is 36.1. The molecule has 0 N–H and O–H groups in total. The van der Waals surface area contributed by atoms with Crippen LogP contribution in [-0.4, -0.2) is 28.1 Å². The first kappa shape index (κ1) is 18.2. The van der Waals surface area contributed by atoms with E-state index in [9.17, 15) is 18.0 Å². The summed E-state index contributed by atoms with van der Waals surface area (Å²) in [6, 6.07) is -0.304. The highest BCUT2D eigenvalue weighted by Gasteiger charge is 2.45. The van der Waals surface area contributed by atoms with Gasteiger partial charge in [0.25, 0.3) is 0 Å². The zero-order chi connectivity index (χ0) is 19.5. The van der Waals surface area contributed by atoms with Gasteiger partial charge in [0.05, 0.1) is 0 Å². The maximum absolute atomic E-state index is 13.6. The summed E-state index contributed by atoms with van der Waals surface area (Å²) >= 11 is 0. The molecule has 0 aromatic carbocycles. The second kappa shape index (κ2) is 6.59. The highest BCUT2D eigenvalue weighted by atomic mass is 19.4. The van der Waals surface area contributed by atoms with Gasteiger partial charge in [-0.1, -0.05) is 0 Å². The highest BCUT2D eigenvalue weighted by molar-refractivity contribution is 5.90. The van der Waals surface area contributed by atoms with Gasteiger partial charge in [-0.3, -0.25) is 0 Å². The lowest BCUT2D eigenvalue weighted by molar-refractivity contribution is -0.142. The maximum Gasteiger partial charge on any atom is 0.434 e. The van der Waals surface area contributed by atoms with Gasteiger partial charge >= 0.3 is 18.2 Å². The SMILES string of the molecule is O=C(OC1CC2CCC1C2)c1cnc(O[C@H]2C[C@@H]3CC[C@H]2C3)nc1C(F)(F)F. The number of carbonyl (C=O) groups excluding carboxylic acids is 1. The minimum atomic E-state index is -4.78. The average molecular weight is 396 g/mol. The molecule has 4 bridgehead atoms. The zero-order valence-electron chi connectivity index (χ0n) is 15.5. The molecule has 4 aliphatic carbocycles. The van der Waals surface area contributed by atoms with Crippen LogP contribution >= 0.6 is 0 Å². The van der Waals surface area contributed by atoms with E-state index in [4.69, 9.17) is 9.47 Å². The van der Waals surface area contributed by atoms with Crippen molar-refractivity contribution in [2.24, 2.45) is 23.7 Å². The molecule has 8 heteroatoms. The number of esters is 1. The Morgan fingerprint density at radius 3 is 2.14 bits per heavy atom. The Labute approximate surface area is 161 Å². The minimum absolute atomic E-state index is 0.133. The Bertz CT molecular complexity index is 784. The largest absolute Gasteiger partial charge is 0.460 e. The van der Waals surface area contributed by atoms with E-state index in [1.54, 1.807) is 0 Å². The van der Waals surface area contributed by atoms with Gasteiger partial charge < -0.3 is 9.47 Å². The Balaban J connectivity index is 1.34. The van der Waals surface area contributed by atoms with E-state index >= 15 is 0 Å². The lowest BCUT2D eigenvalue weighted by atomic mass is 9.98. The third kappa shape index (κ3) is 3.24. The van der Waals surface area contributed by atoms with Gasteiger partial charge in [0.1, 0.15) is 17.8 Å². The molecule has 1 heterocycles. The fourth-order valence-corrected chi connectivity index (χ4v) is 5.79. The standard InChI is InChI=1S/C20H23F3N2O3/c21-20(22,23)17-14(18(26)27-15-7-10-1-3-12(15)5-10)9-24-19(25-17)28-16-8-11-2-4-13(16)6-11/h9-13,15-16H,1-8H2/t10?,11-,12?,13+,15?,16+/m1/s1. The molecule has 152 valence electrons. The number of fused-ring (bicyclic) bond motifs is 4. The number of hydrogen-bond donors (Lipinski definition) is 0. The Morgan fingerprint density at radius 1 is 0.964 bits per heavy atom. The fraction of sp³-hybridized carbons (Fsp3) is 0.750. The molecule has 0 aliphatic heterocycles. The minimum Gasteiger partial charge on any atom is -0.460 e.